The standard InChI is InChI=1S/C22H20N4OS2/c27-22(21-18-4-2-1-3-14(18)8-23-21)25-9-15(10-25)16-11-26(12-16)29-17-5-6-19-20(7-17)28-13-24-19/h1-7,13,21,23H,8-12H2. The largest absolute Gasteiger partial charge is 0.333 e. The molecule has 3 aliphatic rings. The van der Waals surface area contributed by atoms with Crippen molar-refractivity contribution in [3.05, 3.63) is 70.2 Å². The number of carbonyl (C=O) groups is 1. The highest BCUT2D eigenvalue weighted by molar-refractivity contribution is 7.97. The molecule has 3 aliphatic heterocycles. The molecule has 0 bridgehead atoms. The molecule has 2 aromatic carbocycles. The van der Waals surface area contributed by atoms with Gasteiger partial charge in [0.2, 0.25) is 5.91 Å². The van der Waals surface area contributed by atoms with Gasteiger partial charge in [0.1, 0.15) is 6.04 Å². The van der Waals surface area contributed by atoms with E-state index in [1.165, 1.54) is 26.3 Å². The van der Waals surface area contributed by atoms with Crippen LogP contribution in [0.3, 0.4) is 0 Å². The average molecular weight is 421 g/mol. The van der Waals surface area contributed by atoms with Crippen molar-refractivity contribution in [2.24, 2.45) is 0 Å². The van der Waals surface area contributed by atoms with Gasteiger partial charge in [-0.15, -0.1) is 11.3 Å². The maximum absolute atomic E-state index is 12.9. The summed E-state index contributed by atoms with van der Waals surface area (Å²) in [6.07, 6.45) is 0. The van der Waals surface area contributed by atoms with E-state index in [0.29, 0.717) is 0 Å². The summed E-state index contributed by atoms with van der Waals surface area (Å²) in [5.41, 5.74) is 8.30. The second-order valence-corrected chi connectivity index (χ2v) is 9.84. The first-order valence-electron chi connectivity index (χ1n) is 9.80. The minimum absolute atomic E-state index is 0.173. The molecule has 1 aromatic heterocycles. The van der Waals surface area contributed by atoms with Crippen LogP contribution in [0.4, 0.5) is 0 Å². The van der Waals surface area contributed by atoms with Gasteiger partial charge in [-0.25, -0.2) is 9.29 Å². The van der Waals surface area contributed by atoms with Gasteiger partial charge in [0.15, 0.2) is 0 Å². The van der Waals surface area contributed by atoms with Gasteiger partial charge in [0.05, 0.1) is 15.7 Å². The molecule has 1 amide bonds. The summed E-state index contributed by atoms with van der Waals surface area (Å²) in [4.78, 5) is 20.5. The predicted molar refractivity (Wildman–Crippen MR) is 117 cm³/mol. The summed E-state index contributed by atoms with van der Waals surface area (Å²) in [6, 6.07) is 14.5. The number of likely N-dealkylation sites (tertiary alicyclic amines) is 1. The Hall–Kier alpha value is -2.19. The molecular formula is C22H20N4OS2. The van der Waals surface area contributed by atoms with E-state index >= 15 is 0 Å². The van der Waals surface area contributed by atoms with Gasteiger partial charge in [0, 0.05) is 37.6 Å². The quantitative estimate of drug-likeness (QED) is 0.518. The smallest absolute Gasteiger partial charge is 0.244 e. The van der Waals surface area contributed by atoms with E-state index in [0.717, 1.165) is 43.8 Å². The normalized spacial score (nSPS) is 21.2. The zero-order valence-electron chi connectivity index (χ0n) is 15.8. The fourth-order valence-corrected chi connectivity index (χ4v) is 6.03. The van der Waals surface area contributed by atoms with Crippen molar-refractivity contribution < 1.29 is 4.79 Å². The Morgan fingerprint density at radius 3 is 2.83 bits per heavy atom. The van der Waals surface area contributed by atoms with Crippen molar-refractivity contribution >= 4 is 39.4 Å². The second kappa shape index (κ2) is 6.95. The zero-order valence-corrected chi connectivity index (χ0v) is 17.4. The number of thiazole rings is 1. The minimum Gasteiger partial charge on any atom is -0.333 e. The van der Waals surface area contributed by atoms with Gasteiger partial charge >= 0.3 is 0 Å². The van der Waals surface area contributed by atoms with Crippen LogP contribution in [0.2, 0.25) is 0 Å². The number of aromatic nitrogens is 1. The Balaban J connectivity index is 1.05. The molecule has 4 heterocycles. The Labute approximate surface area is 177 Å². The van der Waals surface area contributed by atoms with Crippen LogP contribution in [0.5, 0.6) is 0 Å². The molecule has 29 heavy (non-hydrogen) atoms. The van der Waals surface area contributed by atoms with Crippen LogP contribution in [-0.2, 0) is 11.3 Å². The number of hydrogen-bond donors (Lipinski definition) is 1. The summed E-state index contributed by atoms with van der Waals surface area (Å²) in [5, 5.41) is 3.37. The zero-order chi connectivity index (χ0) is 19.4. The van der Waals surface area contributed by atoms with Gasteiger partial charge < -0.3 is 4.90 Å². The monoisotopic (exact) mass is 420 g/mol. The topological polar surface area (TPSA) is 48.5 Å². The number of amides is 1. The molecule has 0 radical (unpaired) electrons. The molecule has 3 aromatic rings. The molecule has 0 spiro atoms. The third kappa shape index (κ3) is 3.09. The Kier molecular flexibility index (Phi) is 4.23. The molecule has 146 valence electrons. The van der Waals surface area contributed by atoms with Gasteiger partial charge in [-0.1, -0.05) is 24.3 Å². The molecule has 5 nitrogen and oxygen atoms in total. The molecule has 0 aliphatic carbocycles. The van der Waals surface area contributed by atoms with E-state index in [-0.39, 0.29) is 11.9 Å². The van der Waals surface area contributed by atoms with Crippen LogP contribution in [0.25, 0.3) is 10.2 Å². The van der Waals surface area contributed by atoms with Crippen molar-refractivity contribution in [3.8, 4) is 0 Å². The highest BCUT2D eigenvalue weighted by Gasteiger charge is 2.37. The fraction of sp³-hybridized carbons (Fsp3) is 0.273. The van der Waals surface area contributed by atoms with Crippen molar-refractivity contribution in [2.75, 3.05) is 26.2 Å². The van der Waals surface area contributed by atoms with Crippen LogP contribution < -0.4 is 5.32 Å². The number of nitrogens with zero attached hydrogens (tertiary/aromatic N) is 3. The molecule has 2 fully saturated rings. The van der Waals surface area contributed by atoms with E-state index in [1.54, 1.807) is 11.3 Å². The highest BCUT2D eigenvalue weighted by atomic mass is 32.2. The highest BCUT2D eigenvalue weighted by Crippen LogP contribution is 2.36. The van der Waals surface area contributed by atoms with Crippen molar-refractivity contribution in [3.63, 3.8) is 0 Å². The summed E-state index contributed by atoms with van der Waals surface area (Å²) in [6.45, 7) is 4.36. The van der Waals surface area contributed by atoms with Gasteiger partial charge in [-0.2, -0.15) is 0 Å². The maximum atomic E-state index is 12.9. The molecule has 7 heteroatoms. The molecule has 2 saturated heterocycles. The Morgan fingerprint density at radius 2 is 1.93 bits per heavy atom. The predicted octanol–water partition coefficient (Wildman–Crippen LogP) is 3.60. The van der Waals surface area contributed by atoms with Crippen molar-refractivity contribution in [2.45, 2.75) is 17.5 Å². The lowest BCUT2D eigenvalue weighted by Gasteiger charge is -2.42. The van der Waals surface area contributed by atoms with E-state index in [4.69, 9.17) is 0 Å². The number of hydrogen-bond acceptors (Lipinski definition) is 6. The van der Waals surface area contributed by atoms with Crippen LogP contribution in [0.15, 0.2) is 64.0 Å². The van der Waals surface area contributed by atoms with E-state index < -0.39 is 0 Å². The Bertz CT molecular complexity index is 1140. The van der Waals surface area contributed by atoms with Crippen molar-refractivity contribution in [1.82, 2.24) is 19.5 Å². The average Bonchev–Trinajstić information content (AvgIpc) is 3.30. The number of benzene rings is 2. The lowest BCUT2D eigenvalue weighted by atomic mass is 9.95. The molecule has 6 rings (SSSR count). The SMILES string of the molecule is O=C(C1NCc2ccccc21)N1CC(=C2CN(Sc3ccc4ncsc4c3)C2)C1. The third-order valence-electron chi connectivity index (χ3n) is 5.96. The Morgan fingerprint density at radius 1 is 1.10 bits per heavy atom. The number of fused-ring (bicyclic) bond motifs is 2. The third-order valence-corrected chi connectivity index (χ3v) is 7.73. The van der Waals surface area contributed by atoms with E-state index in [1.807, 2.05) is 34.5 Å². The lowest BCUT2D eigenvalue weighted by Crippen LogP contribution is -2.51. The summed E-state index contributed by atoms with van der Waals surface area (Å²) in [5.74, 6) is 0.211. The van der Waals surface area contributed by atoms with Gasteiger partial charge in [-0.05, 0) is 52.4 Å². The first-order valence-corrected chi connectivity index (χ1v) is 11.5. The van der Waals surface area contributed by atoms with E-state index in [2.05, 4.69) is 44.9 Å². The van der Waals surface area contributed by atoms with Gasteiger partial charge in [0.25, 0.3) is 0 Å². The van der Waals surface area contributed by atoms with E-state index in [9.17, 15) is 4.79 Å². The second-order valence-electron chi connectivity index (χ2n) is 7.79. The van der Waals surface area contributed by atoms with Crippen LogP contribution in [0, 0.1) is 0 Å². The summed E-state index contributed by atoms with van der Waals surface area (Å²) >= 11 is 3.50. The minimum atomic E-state index is -0.173. The number of carbonyl (C=O) groups excluding carboxylic acids is 1. The fourth-order valence-electron chi connectivity index (χ4n) is 4.20. The molecule has 0 saturated carbocycles. The van der Waals surface area contributed by atoms with Gasteiger partial charge in [-0.3, -0.25) is 10.1 Å². The molecular weight excluding hydrogens is 400 g/mol. The van der Waals surface area contributed by atoms with Crippen LogP contribution in [0.1, 0.15) is 17.2 Å². The maximum Gasteiger partial charge on any atom is 0.244 e. The molecule has 1 atom stereocenters. The lowest BCUT2D eigenvalue weighted by molar-refractivity contribution is -0.134. The molecule has 1 unspecified atom stereocenters. The number of nitrogens with one attached hydrogen (secondary N) is 1. The van der Waals surface area contributed by atoms with Crippen LogP contribution in [-0.4, -0.2) is 46.3 Å². The molecule has 1 N–H and O–H groups in total. The van der Waals surface area contributed by atoms with Crippen LogP contribution >= 0.6 is 23.3 Å². The number of rotatable bonds is 3. The summed E-state index contributed by atoms with van der Waals surface area (Å²) < 4.78 is 3.62. The first kappa shape index (κ1) is 17.7. The first-order chi connectivity index (χ1) is 14.2. The van der Waals surface area contributed by atoms with Crippen molar-refractivity contribution in [1.29, 1.82) is 0 Å². The summed E-state index contributed by atoms with van der Waals surface area (Å²) in [7, 11) is 0.